The van der Waals surface area contributed by atoms with E-state index in [-0.39, 0.29) is 11.9 Å². The second kappa shape index (κ2) is 9.00. The number of rotatable bonds is 9. The minimum Gasteiger partial charge on any atom is -0.469 e. The van der Waals surface area contributed by atoms with Crippen LogP contribution >= 0.6 is 0 Å². The molecule has 2 aromatic heterocycles. The third-order valence-corrected chi connectivity index (χ3v) is 4.57. The van der Waals surface area contributed by atoms with Gasteiger partial charge < -0.3 is 19.2 Å². The van der Waals surface area contributed by atoms with E-state index in [0.717, 1.165) is 36.6 Å². The molecule has 0 aromatic carbocycles. The summed E-state index contributed by atoms with van der Waals surface area (Å²) in [5.74, 6) is 0.905. The molecule has 1 aliphatic heterocycles. The second-order valence-corrected chi connectivity index (χ2v) is 6.64. The Kier molecular flexibility index (Phi) is 6.46. The van der Waals surface area contributed by atoms with Gasteiger partial charge in [0.15, 0.2) is 0 Å². The standard InChI is InChI=1S/C19H27N3O4/c1-14(12-15-4-3-9-26-15)20-19(23)6-5-17-16-13-25-10-7-18(16)22(21-17)8-11-24-2/h3-4,9,14H,5-8,10-13H2,1-2H3,(H,20,23). The molecule has 0 saturated carbocycles. The van der Waals surface area contributed by atoms with Crippen LogP contribution in [0.3, 0.4) is 0 Å². The molecule has 1 unspecified atom stereocenters. The molecule has 142 valence electrons. The number of furan rings is 1. The zero-order valence-electron chi connectivity index (χ0n) is 15.5. The third-order valence-electron chi connectivity index (χ3n) is 4.57. The van der Waals surface area contributed by atoms with Crippen molar-refractivity contribution in [1.82, 2.24) is 15.1 Å². The summed E-state index contributed by atoms with van der Waals surface area (Å²) >= 11 is 0. The van der Waals surface area contributed by atoms with Crippen molar-refractivity contribution < 1.29 is 18.7 Å². The average Bonchev–Trinajstić information content (AvgIpc) is 3.26. The molecule has 0 saturated heterocycles. The van der Waals surface area contributed by atoms with Crippen molar-refractivity contribution >= 4 is 5.91 Å². The van der Waals surface area contributed by atoms with Gasteiger partial charge in [-0.1, -0.05) is 0 Å². The predicted molar refractivity (Wildman–Crippen MR) is 95.8 cm³/mol. The van der Waals surface area contributed by atoms with Gasteiger partial charge in [-0.05, 0) is 19.1 Å². The van der Waals surface area contributed by atoms with Gasteiger partial charge in [-0.15, -0.1) is 0 Å². The quantitative estimate of drug-likeness (QED) is 0.738. The van der Waals surface area contributed by atoms with E-state index in [9.17, 15) is 4.79 Å². The first-order valence-corrected chi connectivity index (χ1v) is 9.13. The highest BCUT2D eigenvalue weighted by Gasteiger charge is 2.21. The van der Waals surface area contributed by atoms with E-state index in [1.54, 1.807) is 13.4 Å². The predicted octanol–water partition coefficient (Wildman–Crippen LogP) is 1.88. The molecule has 1 N–H and O–H groups in total. The number of hydrogen-bond donors (Lipinski definition) is 1. The number of aryl methyl sites for hydroxylation is 1. The van der Waals surface area contributed by atoms with Crippen LogP contribution in [0.5, 0.6) is 0 Å². The van der Waals surface area contributed by atoms with E-state index in [1.807, 2.05) is 23.7 Å². The molecule has 7 heteroatoms. The number of carbonyl (C=O) groups is 1. The van der Waals surface area contributed by atoms with Crippen molar-refractivity contribution in [2.45, 2.75) is 51.8 Å². The normalized spacial score (nSPS) is 14.8. The molecule has 0 aliphatic carbocycles. The summed E-state index contributed by atoms with van der Waals surface area (Å²) in [6, 6.07) is 3.81. The number of carbonyl (C=O) groups excluding carboxylic acids is 1. The molecule has 2 aromatic rings. The monoisotopic (exact) mass is 361 g/mol. The van der Waals surface area contributed by atoms with Gasteiger partial charge in [-0.3, -0.25) is 9.48 Å². The van der Waals surface area contributed by atoms with Gasteiger partial charge in [0.05, 0.1) is 38.3 Å². The van der Waals surface area contributed by atoms with E-state index in [4.69, 9.17) is 19.0 Å². The summed E-state index contributed by atoms with van der Waals surface area (Å²) in [5, 5.41) is 7.73. The van der Waals surface area contributed by atoms with Gasteiger partial charge in [0.1, 0.15) is 5.76 Å². The fourth-order valence-electron chi connectivity index (χ4n) is 3.30. The number of fused-ring (bicyclic) bond motifs is 1. The van der Waals surface area contributed by atoms with Crippen LogP contribution < -0.4 is 5.32 Å². The Morgan fingerprint density at radius 3 is 3.15 bits per heavy atom. The number of amides is 1. The lowest BCUT2D eigenvalue weighted by Crippen LogP contribution is -2.34. The minimum atomic E-state index is 0.0287. The van der Waals surface area contributed by atoms with E-state index in [0.29, 0.717) is 32.5 Å². The van der Waals surface area contributed by atoms with Crippen LogP contribution in [0.1, 0.15) is 36.1 Å². The SMILES string of the molecule is COCCn1nc(CCC(=O)NC(C)Cc2ccco2)c2c1CCOC2. The van der Waals surface area contributed by atoms with Crippen molar-refractivity contribution in [3.8, 4) is 0 Å². The molecule has 1 atom stereocenters. The van der Waals surface area contributed by atoms with Crippen molar-refractivity contribution in [3.05, 3.63) is 41.1 Å². The van der Waals surface area contributed by atoms with Crippen molar-refractivity contribution in [2.75, 3.05) is 20.3 Å². The molecule has 1 amide bonds. The van der Waals surface area contributed by atoms with Crippen LogP contribution in [0.4, 0.5) is 0 Å². The summed E-state index contributed by atoms with van der Waals surface area (Å²) in [7, 11) is 1.69. The van der Waals surface area contributed by atoms with Crippen molar-refractivity contribution in [3.63, 3.8) is 0 Å². The second-order valence-electron chi connectivity index (χ2n) is 6.64. The summed E-state index contributed by atoms with van der Waals surface area (Å²) in [5.41, 5.74) is 3.32. The largest absolute Gasteiger partial charge is 0.469 e. The van der Waals surface area contributed by atoms with E-state index in [1.165, 1.54) is 5.69 Å². The molecular formula is C19H27N3O4. The smallest absolute Gasteiger partial charge is 0.220 e. The van der Waals surface area contributed by atoms with Gasteiger partial charge in [0, 0.05) is 50.1 Å². The van der Waals surface area contributed by atoms with Crippen LogP contribution in [0.2, 0.25) is 0 Å². The lowest BCUT2D eigenvalue weighted by molar-refractivity contribution is -0.121. The number of aromatic nitrogens is 2. The summed E-state index contributed by atoms with van der Waals surface area (Å²) < 4.78 is 18.1. The van der Waals surface area contributed by atoms with Crippen molar-refractivity contribution in [2.24, 2.45) is 0 Å². The molecule has 26 heavy (non-hydrogen) atoms. The number of nitrogens with zero attached hydrogens (tertiary/aromatic N) is 2. The molecule has 3 rings (SSSR count). The topological polar surface area (TPSA) is 78.5 Å². The first-order valence-electron chi connectivity index (χ1n) is 9.13. The fourth-order valence-corrected chi connectivity index (χ4v) is 3.30. The molecule has 7 nitrogen and oxygen atoms in total. The van der Waals surface area contributed by atoms with Gasteiger partial charge in [-0.25, -0.2) is 0 Å². The lowest BCUT2D eigenvalue weighted by Gasteiger charge is -2.15. The Hall–Kier alpha value is -2.12. The molecule has 0 radical (unpaired) electrons. The van der Waals surface area contributed by atoms with Crippen LogP contribution in [0, 0.1) is 0 Å². The maximum atomic E-state index is 12.3. The van der Waals surface area contributed by atoms with Gasteiger partial charge in [0.2, 0.25) is 5.91 Å². The van der Waals surface area contributed by atoms with Gasteiger partial charge >= 0.3 is 0 Å². The number of ether oxygens (including phenoxy) is 2. The number of hydrogen-bond acceptors (Lipinski definition) is 5. The highest BCUT2D eigenvalue weighted by molar-refractivity contribution is 5.76. The Morgan fingerprint density at radius 1 is 1.50 bits per heavy atom. The first kappa shape index (κ1) is 18.7. The fraction of sp³-hybridized carbons (Fsp3) is 0.579. The molecular weight excluding hydrogens is 334 g/mol. The summed E-state index contributed by atoms with van der Waals surface area (Å²) in [6.45, 7) is 4.63. The number of nitrogens with one attached hydrogen (secondary N) is 1. The highest BCUT2D eigenvalue weighted by atomic mass is 16.5. The number of methoxy groups -OCH3 is 1. The Labute approximate surface area is 153 Å². The first-order chi connectivity index (χ1) is 12.7. The zero-order valence-corrected chi connectivity index (χ0v) is 15.5. The molecule has 0 fully saturated rings. The Bertz CT molecular complexity index is 709. The van der Waals surface area contributed by atoms with Crippen molar-refractivity contribution in [1.29, 1.82) is 0 Å². The zero-order chi connectivity index (χ0) is 18.4. The molecule has 0 spiro atoms. The summed E-state index contributed by atoms with van der Waals surface area (Å²) in [4.78, 5) is 12.3. The summed E-state index contributed by atoms with van der Waals surface area (Å²) in [6.07, 6.45) is 4.22. The molecule has 0 bridgehead atoms. The average molecular weight is 361 g/mol. The van der Waals surface area contributed by atoms with E-state index < -0.39 is 0 Å². The third kappa shape index (κ3) is 4.74. The maximum absolute atomic E-state index is 12.3. The lowest BCUT2D eigenvalue weighted by atomic mass is 10.1. The molecule has 3 heterocycles. The van der Waals surface area contributed by atoms with Gasteiger partial charge in [0.25, 0.3) is 0 Å². The molecule has 1 aliphatic rings. The minimum absolute atomic E-state index is 0.0287. The van der Waals surface area contributed by atoms with Crippen LogP contribution in [-0.4, -0.2) is 42.1 Å². The van der Waals surface area contributed by atoms with E-state index in [2.05, 4.69) is 5.32 Å². The van der Waals surface area contributed by atoms with Crippen LogP contribution in [-0.2, 0) is 46.7 Å². The van der Waals surface area contributed by atoms with Crippen LogP contribution in [0.25, 0.3) is 0 Å². The maximum Gasteiger partial charge on any atom is 0.220 e. The van der Waals surface area contributed by atoms with E-state index >= 15 is 0 Å². The highest BCUT2D eigenvalue weighted by Crippen LogP contribution is 2.22. The van der Waals surface area contributed by atoms with Gasteiger partial charge in [-0.2, -0.15) is 5.10 Å². The Morgan fingerprint density at radius 2 is 2.38 bits per heavy atom. The van der Waals surface area contributed by atoms with Crippen LogP contribution in [0.15, 0.2) is 22.8 Å². The Balaban J connectivity index is 1.55.